The topological polar surface area (TPSA) is 67.3 Å². The Bertz CT molecular complexity index is 735. The molecule has 6 nitrogen and oxygen atoms in total. The first-order valence-electron chi connectivity index (χ1n) is 8.92. The average molecular weight is 375 g/mol. The molecule has 0 spiro atoms. The number of aromatic nitrogens is 2. The van der Waals surface area contributed by atoms with Gasteiger partial charge in [0.2, 0.25) is 11.8 Å². The maximum Gasteiger partial charge on any atom is 0.224 e. The van der Waals surface area contributed by atoms with Crippen LogP contribution in [0.25, 0.3) is 0 Å². The molecule has 0 atom stereocenters. The number of hydrogen-bond donors (Lipinski definition) is 1. The lowest BCUT2D eigenvalue weighted by Crippen LogP contribution is -2.30. The van der Waals surface area contributed by atoms with Gasteiger partial charge in [-0.1, -0.05) is 29.8 Å². The fraction of sp³-hybridized carbons (Fsp3) is 0.421. The summed E-state index contributed by atoms with van der Waals surface area (Å²) < 4.78 is 5.64. The molecule has 0 saturated carbocycles. The van der Waals surface area contributed by atoms with Crippen molar-refractivity contribution < 1.29 is 9.53 Å². The molecule has 2 heterocycles. The Morgan fingerprint density at radius 2 is 2.00 bits per heavy atom. The summed E-state index contributed by atoms with van der Waals surface area (Å²) in [5, 5.41) is 3.43. The Morgan fingerprint density at radius 3 is 2.81 bits per heavy atom. The van der Waals surface area contributed by atoms with Crippen LogP contribution >= 0.6 is 11.6 Å². The molecule has 0 aliphatic carbocycles. The number of nitrogens with one attached hydrogen (secondary N) is 1. The van der Waals surface area contributed by atoms with E-state index in [4.69, 9.17) is 16.3 Å². The number of halogens is 1. The third kappa shape index (κ3) is 5.33. The fourth-order valence-electron chi connectivity index (χ4n) is 2.93. The van der Waals surface area contributed by atoms with E-state index < -0.39 is 0 Å². The maximum absolute atomic E-state index is 12.0. The Hall–Kier alpha value is -2.34. The molecule has 7 heteroatoms. The molecule has 2 aromatic rings. The van der Waals surface area contributed by atoms with E-state index in [0.717, 1.165) is 24.5 Å². The van der Waals surface area contributed by atoms with Gasteiger partial charge in [0.05, 0.1) is 13.0 Å². The zero-order valence-electron chi connectivity index (χ0n) is 14.7. The molecule has 0 unspecified atom stereocenters. The lowest BCUT2D eigenvalue weighted by atomic mass is 10.1. The number of benzene rings is 1. The summed E-state index contributed by atoms with van der Waals surface area (Å²) in [6, 6.07) is 9.20. The number of carbonyl (C=O) groups is 1. The maximum atomic E-state index is 12.0. The highest BCUT2D eigenvalue weighted by atomic mass is 35.5. The number of amides is 1. The van der Waals surface area contributed by atoms with E-state index in [9.17, 15) is 4.79 Å². The number of anilines is 1. The van der Waals surface area contributed by atoms with Gasteiger partial charge in [-0.3, -0.25) is 4.79 Å². The molecule has 1 saturated heterocycles. The van der Waals surface area contributed by atoms with Crippen LogP contribution in [0.5, 0.6) is 5.88 Å². The molecule has 0 bridgehead atoms. The van der Waals surface area contributed by atoms with Crippen molar-refractivity contribution >= 4 is 23.3 Å². The van der Waals surface area contributed by atoms with Crippen LogP contribution in [0.1, 0.15) is 24.8 Å². The molecular formula is C19H23ClN4O2. The number of piperidine rings is 1. The zero-order chi connectivity index (χ0) is 18.2. The fourth-order valence-corrected chi connectivity index (χ4v) is 3.13. The zero-order valence-corrected chi connectivity index (χ0v) is 15.4. The van der Waals surface area contributed by atoms with Crippen molar-refractivity contribution in [3.05, 3.63) is 47.2 Å². The van der Waals surface area contributed by atoms with Crippen molar-refractivity contribution in [3.63, 3.8) is 0 Å². The summed E-state index contributed by atoms with van der Waals surface area (Å²) in [6.45, 7) is 2.81. The van der Waals surface area contributed by atoms with Gasteiger partial charge >= 0.3 is 0 Å². The van der Waals surface area contributed by atoms with Gasteiger partial charge in [-0.15, -0.1) is 0 Å². The second-order valence-corrected chi connectivity index (χ2v) is 6.64. The van der Waals surface area contributed by atoms with Gasteiger partial charge in [0.25, 0.3) is 0 Å². The summed E-state index contributed by atoms with van der Waals surface area (Å²) in [5.74, 6) is 1.34. The number of ether oxygens (including phenoxy) is 1. The summed E-state index contributed by atoms with van der Waals surface area (Å²) >= 11 is 6.07. The Labute approximate surface area is 158 Å². The van der Waals surface area contributed by atoms with Gasteiger partial charge in [-0.2, -0.15) is 0 Å². The lowest BCUT2D eigenvalue weighted by Gasteiger charge is -2.27. The van der Waals surface area contributed by atoms with Crippen LogP contribution in [-0.2, 0) is 11.2 Å². The molecule has 1 fully saturated rings. The summed E-state index contributed by atoms with van der Waals surface area (Å²) in [5.41, 5.74) is 0.814. The number of hydrogen-bond acceptors (Lipinski definition) is 5. The third-order valence-corrected chi connectivity index (χ3v) is 4.66. The normalized spacial score (nSPS) is 14.1. The minimum atomic E-state index is -0.0848. The SMILES string of the molecule is O=C(Cc1ccccc1Cl)NCCOc1cc(N2CCCCC2)ncn1. The highest BCUT2D eigenvalue weighted by molar-refractivity contribution is 6.31. The van der Waals surface area contributed by atoms with Crippen LogP contribution < -0.4 is 15.0 Å². The molecule has 3 rings (SSSR count). The largest absolute Gasteiger partial charge is 0.476 e. The van der Waals surface area contributed by atoms with E-state index in [2.05, 4.69) is 20.2 Å². The first-order valence-corrected chi connectivity index (χ1v) is 9.30. The number of carbonyl (C=O) groups excluding carboxylic acids is 1. The van der Waals surface area contributed by atoms with Crippen LogP contribution in [0.3, 0.4) is 0 Å². The minimum Gasteiger partial charge on any atom is -0.476 e. The van der Waals surface area contributed by atoms with Gasteiger partial charge in [0.15, 0.2) is 0 Å². The molecule has 1 aliphatic heterocycles. The van der Waals surface area contributed by atoms with Gasteiger partial charge in [-0.25, -0.2) is 9.97 Å². The van der Waals surface area contributed by atoms with Crippen LogP contribution in [-0.4, -0.2) is 42.1 Å². The highest BCUT2D eigenvalue weighted by Crippen LogP contribution is 2.20. The lowest BCUT2D eigenvalue weighted by molar-refractivity contribution is -0.120. The second kappa shape index (κ2) is 9.38. The van der Waals surface area contributed by atoms with Crippen molar-refractivity contribution in [1.82, 2.24) is 15.3 Å². The standard InChI is InChI=1S/C19H23ClN4O2/c20-16-7-3-2-6-15(16)12-18(25)21-8-11-26-19-13-17(22-14-23-19)24-9-4-1-5-10-24/h2-3,6-7,13-14H,1,4-5,8-12H2,(H,21,25). The predicted molar refractivity (Wildman–Crippen MR) is 102 cm³/mol. The second-order valence-electron chi connectivity index (χ2n) is 6.23. The Kier molecular flexibility index (Phi) is 6.66. The van der Waals surface area contributed by atoms with Gasteiger partial charge in [-0.05, 0) is 30.9 Å². The minimum absolute atomic E-state index is 0.0848. The number of rotatable bonds is 7. The summed E-state index contributed by atoms with van der Waals surface area (Å²) in [4.78, 5) is 22.7. The molecule has 1 aromatic carbocycles. The molecule has 0 radical (unpaired) electrons. The molecular weight excluding hydrogens is 352 g/mol. The van der Waals surface area contributed by atoms with Crippen LogP contribution in [0.4, 0.5) is 5.82 Å². The molecule has 1 aliphatic rings. The van der Waals surface area contributed by atoms with Gasteiger partial charge in [0, 0.05) is 24.2 Å². The summed E-state index contributed by atoms with van der Waals surface area (Å²) in [6.07, 6.45) is 5.44. The third-order valence-electron chi connectivity index (χ3n) is 4.29. The quantitative estimate of drug-likeness (QED) is 0.755. The van der Waals surface area contributed by atoms with E-state index in [-0.39, 0.29) is 12.3 Å². The highest BCUT2D eigenvalue weighted by Gasteiger charge is 2.13. The first-order chi connectivity index (χ1) is 12.7. The van der Waals surface area contributed by atoms with Crippen LogP contribution in [0, 0.1) is 0 Å². The van der Waals surface area contributed by atoms with Gasteiger partial charge in [0.1, 0.15) is 18.8 Å². The van der Waals surface area contributed by atoms with E-state index in [0.29, 0.717) is 24.1 Å². The summed E-state index contributed by atoms with van der Waals surface area (Å²) in [7, 11) is 0. The Balaban J connectivity index is 1.42. The van der Waals surface area contributed by atoms with E-state index in [1.165, 1.54) is 25.6 Å². The first kappa shape index (κ1) is 18.5. The molecule has 26 heavy (non-hydrogen) atoms. The average Bonchev–Trinajstić information content (AvgIpc) is 2.68. The van der Waals surface area contributed by atoms with Crippen molar-refractivity contribution in [2.45, 2.75) is 25.7 Å². The molecule has 138 valence electrons. The Morgan fingerprint density at radius 1 is 1.19 bits per heavy atom. The molecule has 1 amide bonds. The smallest absolute Gasteiger partial charge is 0.224 e. The van der Waals surface area contributed by atoms with Crippen LogP contribution in [0.15, 0.2) is 36.7 Å². The van der Waals surface area contributed by atoms with Crippen molar-refractivity contribution in [1.29, 1.82) is 0 Å². The van der Waals surface area contributed by atoms with Gasteiger partial charge < -0.3 is 15.0 Å². The monoisotopic (exact) mass is 374 g/mol. The van der Waals surface area contributed by atoms with Crippen molar-refractivity contribution in [2.75, 3.05) is 31.1 Å². The van der Waals surface area contributed by atoms with E-state index in [1.54, 1.807) is 6.07 Å². The van der Waals surface area contributed by atoms with E-state index >= 15 is 0 Å². The number of nitrogens with zero attached hydrogens (tertiary/aromatic N) is 3. The van der Waals surface area contributed by atoms with Crippen molar-refractivity contribution in [3.8, 4) is 5.88 Å². The predicted octanol–water partition coefficient (Wildman–Crippen LogP) is 2.86. The molecule has 1 aromatic heterocycles. The van der Waals surface area contributed by atoms with Crippen LogP contribution in [0.2, 0.25) is 5.02 Å². The van der Waals surface area contributed by atoms with E-state index in [1.807, 2.05) is 24.3 Å². The van der Waals surface area contributed by atoms with Crippen molar-refractivity contribution in [2.24, 2.45) is 0 Å². The molecule has 1 N–H and O–H groups in total.